The molecule has 2 heterocycles. The second kappa shape index (κ2) is 6.74. The Hall–Kier alpha value is -2.15. The van der Waals surface area contributed by atoms with Crippen molar-refractivity contribution in [2.75, 3.05) is 5.32 Å². The Balaban J connectivity index is 1.83. The first-order valence-electron chi connectivity index (χ1n) is 6.89. The summed E-state index contributed by atoms with van der Waals surface area (Å²) in [5.41, 5.74) is 0.151. The van der Waals surface area contributed by atoms with E-state index in [9.17, 15) is 9.59 Å². The zero-order valence-electron chi connectivity index (χ0n) is 12.8. The first kappa shape index (κ1) is 16.2. The SMILES string of the molecule is CC(C)(C)C(=O)Nc1nc(CC(=O)NCc2ccco2)cs1. The number of amides is 2. The fourth-order valence-electron chi connectivity index (χ4n) is 1.56. The van der Waals surface area contributed by atoms with E-state index in [-0.39, 0.29) is 18.2 Å². The van der Waals surface area contributed by atoms with Crippen molar-refractivity contribution in [3.63, 3.8) is 0 Å². The van der Waals surface area contributed by atoms with Crippen molar-refractivity contribution < 1.29 is 14.0 Å². The molecule has 0 aliphatic rings. The van der Waals surface area contributed by atoms with Gasteiger partial charge in [-0.1, -0.05) is 20.8 Å². The van der Waals surface area contributed by atoms with Gasteiger partial charge in [-0.3, -0.25) is 9.59 Å². The predicted molar refractivity (Wildman–Crippen MR) is 84.5 cm³/mol. The molecule has 0 unspecified atom stereocenters. The number of carbonyl (C=O) groups excluding carboxylic acids is 2. The van der Waals surface area contributed by atoms with E-state index < -0.39 is 5.41 Å². The standard InChI is InChI=1S/C15H19N3O3S/c1-15(2,3)13(20)18-14-17-10(9-22-14)7-12(19)16-8-11-5-4-6-21-11/h4-6,9H,7-8H2,1-3H3,(H,16,19)(H,17,18,20). The average molecular weight is 321 g/mol. The van der Waals surface area contributed by atoms with E-state index >= 15 is 0 Å². The summed E-state index contributed by atoms with van der Waals surface area (Å²) in [5.74, 6) is 0.454. The highest BCUT2D eigenvalue weighted by atomic mass is 32.1. The maximum absolute atomic E-state index is 11.9. The van der Waals surface area contributed by atoms with Gasteiger partial charge in [0.2, 0.25) is 11.8 Å². The van der Waals surface area contributed by atoms with Gasteiger partial charge in [-0.25, -0.2) is 4.98 Å². The lowest BCUT2D eigenvalue weighted by Crippen LogP contribution is -2.27. The number of rotatable bonds is 5. The molecule has 0 radical (unpaired) electrons. The zero-order valence-corrected chi connectivity index (χ0v) is 13.6. The minimum absolute atomic E-state index is 0.101. The van der Waals surface area contributed by atoms with Gasteiger partial charge in [0.05, 0.1) is 24.9 Å². The van der Waals surface area contributed by atoms with Crippen molar-refractivity contribution >= 4 is 28.3 Å². The number of thiazole rings is 1. The van der Waals surface area contributed by atoms with Crippen molar-refractivity contribution in [1.82, 2.24) is 10.3 Å². The highest BCUT2D eigenvalue weighted by Gasteiger charge is 2.22. The van der Waals surface area contributed by atoms with Gasteiger partial charge in [0.1, 0.15) is 5.76 Å². The average Bonchev–Trinajstić information content (AvgIpc) is 3.07. The highest BCUT2D eigenvalue weighted by molar-refractivity contribution is 7.13. The van der Waals surface area contributed by atoms with E-state index in [2.05, 4.69) is 15.6 Å². The molecule has 2 N–H and O–H groups in total. The van der Waals surface area contributed by atoms with Crippen LogP contribution in [0.3, 0.4) is 0 Å². The molecule has 0 aliphatic heterocycles. The molecule has 0 aromatic carbocycles. The van der Waals surface area contributed by atoms with Crippen LogP contribution in [-0.2, 0) is 22.6 Å². The third kappa shape index (κ3) is 4.70. The van der Waals surface area contributed by atoms with Crippen LogP contribution in [0.25, 0.3) is 0 Å². The molecule has 0 bridgehead atoms. The Morgan fingerprint density at radius 3 is 2.77 bits per heavy atom. The summed E-state index contributed by atoms with van der Waals surface area (Å²) >= 11 is 1.31. The molecule has 6 nitrogen and oxygen atoms in total. The van der Waals surface area contributed by atoms with Crippen molar-refractivity contribution in [3.8, 4) is 0 Å². The maximum atomic E-state index is 11.9. The Bertz CT molecular complexity index is 641. The lowest BCUT2D eigenvalue weighted by molar-refractivity contribution is -0.123. The lowest BCUT2D eigenvalue weighted by atomic mass is 9.96. The van der Waals surface area contributed by atoms with Crippen molar-refractivity contribution in [1.29, 1.82) is 0 Å². The second-order valence-electron chi connectivity index (χ2n) is 5.88. The monoisotopic (exact) mass is 321 g/mol. The molecule has 2 aromatic heterocycles. The number of furan rings is 1. The molecule has 22 heavy (non-hydrogen) atoms. The van der Waals surface area contributed by atoms with E-state index in [0.717, 1.165) is 0 Å². The normalized spacial score (nSPS) is 11.2. The summed E-state index contributed by atoms with van der Waals surface area (Å²) in [7, 11) is 0. The van der Waals surface area contributed by atoms with Gasteiger partial charge < -0.3 is 15.1 Å². The van der Waals surface area contributed by atoms with Crippen LogP contribution >= 0.6 is 11.3 Å². The minimum Gasteiger partial charge on any atom is -0.467 e. The molecule has 0 saturated heterocycles. The predicted octanol–water partition coefficient (Wildman–Crippen LogP) is 2.58. The summed E-state index contributed by atoms with van der Waals surface area (Å²) < 4.78 is 5.14. The molecule has 0 atom stereocenters. The number of nitrogens with zero attached hydrogens (tertiary/aromatic N) is 1. The van der Waals surface area contributed by atoms with E-state index in [1.54, 1.807) is 23.8 Å². The number of anilines is 1. The fraction of sp³-hybridized carbons (Fsp3) is 0.400. The largest absolute Gasteiger partial charge is 0.467 e. The first-order valence-corrected chi connectivity index (χ1v) is 7.77. The van der Waals surface area contributed by atoms with Gasteiger partial charge in [-0.15, -0.1) is 11.3 Å². The first-order chi connectivity index (χ1) is 10.3. The summed E-state index contributed by atoms with van der Waals surface area (Å²) in [6, 6.07) is 3.56. The molecule has 2 aromatic rings. The Kier molecular flexibility index (Phi) is 4.97. The second-order valence-corrected chi connectivity index (χ2v) is 6.74. The lowest BCUT2D eigenvalue weighted by Gasteiger charge is -2.15. The van der Waals surface area contributed by atoms with Crippen LogP contribution in [0.5, 0.6) is 0 Å². The molecule has 0 spiro atoms. The Labute approximate surface area is 132 Å². The third-order valence-electron chi connectivity index (χ3n) is 2.83. The zero-order chi connectivity index (χ0) is 16.2. The van der Waals surface area contributed by atoms with Crippen LogP contribution in [0, 0.1) is 5.41 Å². The van der Waals surface area contributed by atoms with Crippen LogP contribution in [0.1, 0.15) is 32.2 Å². The van der Waals surface area contributed by atoms with Crippen molar-refractivity contribution in [2.45, 2.75) is 33.7 Å². The smallest absolute Gasteiger partial charge is 0.231 e. The van der Waals surface area contributed by atoms with Gasteiger partial charge in [0, 0.05) is 10.8 Å². The van der Waals surface area contributed by atoms with E-state index in [1.807, 2.05) is 20.8 Å². The van der Waals surface area contributed by atoms with Crippen LogP contribution in [0.2, 0.25) is 0 Å². The van der Waals surface area contributed by atoms with Crippen LogP contribution in [0.4, 0.5) is 5.13 Å². The number of aromatic nitrogens is 1. The molecule has 0 saturated carbocycles. The van der Waals surface area contributed by atoms with Crippen LogP contribution in [0.15, 0.2) is 28.2 Å². The van der Waals surface area contributed by atoms with Gasteiger partial charge in [0.15, 0.2) is 5.13 Å². The highest BCUT2D eigenvalue weighted by Crippen LogP contribution is 2.20. The molecule has 7 heteroatoms. The van der Waals surface area contributed by atoms with E-state index in [1.165, 1.54) is 11.3 Å². The molecule has 0 aliphatic carbocycles. The van der Waals surface area contributed by atoms with E-state index in [4.69, 9.17) is 4.42 Å². The summed E-state index contributed by atoms with van der Waals surface area (Å²) in [6.07, 6.45) is 1.73. The summed E-state index contributed by atoms with van der Waals surface area (Å²) in [6.45, 7) is 5.85. The molecule has 118 valence electrons. The molecular formula is C15H19N3O3S. The summed E-state index contributed by atoms with van der Waals surface area (Å²) in [5, 5.41) is 7.78. The van der Waals surface area contributed by atoms with Gasteiger partial charge in [-0.2, -0.15) is 0 Å². The van der Waals surface area contributed by atoms with Crippen molar-refractivity contribution in [3.05, 3.63) is 35.2 Å². The Morgan fingerprint density at radius 2 is 2.14 bits per heavy atom. The van der Waals surface area contributed by atoms with Gasteiger partial charge in [-0.05, 0) is 12.1 Å². The summed E-state index contributed by atoms with van der Waals surface area (Å²) in [4.78, 5) is 27.9. The third-order valence-corrected chi connectivity index (χ3v) is 3.64. The molecule has 0 fully saturated rings. The maximum Gasteiger partial charge on any atom is 0.231 e. The molecule has 2 rings (SSSR count). The van der Waals surface area contributed by atoms with Gasteiger partial charge in [0.25, 0.3) is 0 Å². The van der Waals surface area contributed by atoms with Gasteiger partial charge >= 0.3 is 0 Å². The quantitative estimate of drug-likeness (QED) is 0.886. The van der Waals surface area contributed by atoms with E-state index in [0.29, 0.717) is 23.1 Å². The fourth-order valence-corrected chi connectivity index (χ4v) is 2.26. The van der Waals surface area contributed by atoms with Crippen molar-refractivity contribution in [2.24, 2.45) is 5.41 Å². The number of carbonyl (C=O) groups is 2. The molecule has 2 amide bonds. The van der Waals surface area contributed by atoms with Crippen LogP contribution < -0.4 is 10.6 Å². The Morgan fingerprint density at radius 1 is 1.36 bits per heavy atom. The minimum atomic E-state index is -0.480. The topological polar surface area (TPSA) is 84.2 Å². The number of hydrogen-bond donors (Lipinski definition) is 2. The number of hydrogen-bond acceptors (Lipinski definition) is 5. The number of nitrogens with one attached hydrogen (secondary N) is 2. The molecular weight excluding hydrogens is 302 g/mol. The van der Waals surface area contributed by atoms with Crippen LogP contribution in [-0.4, -0.2) is 16.8 Å².